The molecule has 1 aromatic rings. The van der Waals surface area contributed by atoms with Crippen molar-refractivity contribution in [2.75, 3.05) is 18.1 Å². The van der Waals surface area contributed by atoms with Crippen LogP contribution >= 0.6 is 11.6 Å². The van der Waals surface area contributed by atoms with E-state index in [1.54, 1.807) is 0 Å². The van der Waals surface area contributed by atoms with Crippen molar-refractivity contribution in [3.63, 3.8) is 0 Å². The third-order valence-corrected chi connectivity index (χ3v) is 3.37. The minimum absolute atomic E-state index is 0.0660. The molecule has 0 fully saturated rings. The van der Waals surface area contributed by atoms with Crippen molar-refractivity contribution in [3.8, 4) is 0 Å². The van der Waals surface area contributed by atoms with Crippen molar-refractivity contribution in [3.05, 3.63) is 28.8 Å². The summed E-state index contributed by atoms with van der Waals surface area (Å²) >= 11 is 6.15. The molecule has 3 nitrogen and oxygen atoms in total. The van der Waals surface area contributed by atoms with Gasteiger partial charge in [-0.15, -0.1) is 0 Å². The predicted molar refractivity (Wildman–Crippen MR) is 87.6 cm³/mol. The summed E-state index contributed by atoms with van der Waals surface area (Å²) in [6.45, 7) is 12.2. The number of nitrogens with zero attached hydrogens (tertiary/aromatic N) is 1. The van der Waals surface area contributed by atoms with E-state index in [2.05, 4.69) is 50.9 Å². The first-order chi connectivity index (χ1) is 9.24. The van der Waals surface area contributed by atoms with Crippen molar-refractivity contribution in [1.29, 1.82) is 0 Å². The van der Waals surface area contributed by atoms with Crippen molar-refractivity contribution in [2.24, 2.45) is 0 Å². The van der Waals surface area contributed by atoms with Crippen LogP contribution in [0.2, 0.25) is 5.02 Å². The topological polar surface area (TPSA) is 35.5 Å². The van der Waals surface area contributed by atoms with Crippen molar-refractivity contribution < 1.29 is 5.11 Å². The molecule has 2 N–H and O–H groups in total. The molecule has 4 heteroatoms. The highest BCUT2D eigenvalue weighted by Crippen LogP contribution is 2.27. The maximum atomic E-state index is 9.28. The highest BCUT2D eigenvalue weighted by Gasteiger charge is 2.16. The van der Waals surface area contributed by atoms with Crippen molar-refractivity contribution in [1.82, 2.24) is 5.32 Å². The fourth-order valence-corrected chi connectivity index (χ4v) is 2.25. The van der Waals surface area contributed by atoms with Crippen LogP contribution in [0.5, 0.6) is 0 Å². The SMILES string of the molecule is CC(C)N(CCO)c1cc(Cl)ccc1CNC(C)(C)C. The molecule has 0 radical (unpaired) electrons. The molecule has 0 bridgehead atoms. The van der Waals surface area contributed by atoms with Crippen molar-refractivity contribution >= 4 is 17.3 Å². The molecule has 0 atom stereocenters. The standard InChI is InChI=1S/C16H27ClN2O/c1-12(2)19(8-9-20)15-10-14(17)7-6-13(15)11-18-16(3,4)5/h6-7,10,12,18,20H,8-9,11H2,1-5H3. The number of halogens is 1. The second kappa shape index (κ2) is 7.30. The summed E-state index contributed by atoms with van der Waals surface area (Å²) in [5.74, 6) is 0. The van der Waals surface area contributed by atoms with E-state index in [1.165, 1.54) is 5.56 Å². The zero-order valence-corrected chi connectivity index (χ0v) is 14.0. The molecule has 0 aliphatic rings. The van der Waals surface area contributed by atoms with Crippen LogP contribution in [0.4, 0.5) is 5.69 Å². The van der Waals surface area contributed by atoms with E-state index in [9.17, 15) is 5.11 Å². The van der Waals surface area contributed by atoms with Gasteiger partial charge < -0.3 is 15.3 Å². The summed E-state index contributed by atoms with van der Waals surface area (Å²) in [6.07, 6.45) is 0. The van der Waals surface area contributed by atoms with Crippen LogP contribution in [0, 0.1) is 0 Å². The Morgan fingerprint density at radius 1 is 1.30 bits per heavy atom. The van der Waals surface area contributed by atoms with E-state index in [1.807, 2.05) is 12.1 Å². The van der Waals surface area contributed by atoms with E-state index in [0.29, 0.717) is 12.6 Å². The lowest BCUT2D eigenvalue weighted by Gasteiger charge is -2.31. The van der Waals surface area contributed by atoms with E-state index in [-0.39, 0.29) is 12.1 Å². The Balaban J connectivity index is 3.05. The monoisotopic (exact) mass is 298 g/mol. The first kappa shape index (κ1) is 17.3. The quantitative estimate of drug-likeness (QED) is 0.844. The summed E-state index contributed by atoms with van der Waals surface area (Å²) < 4.78 is 0. The Bertz CT molecular complexity index is 427. The average molecular weight is 299 g/mol. The van der Waals surface area contributed by atoms with Gasteiger partial charge in [0.2, 0.25) is 0 Å². The normalized spacial score (nSPS) is 12.0. The maximum Gasteiger partial charge on any atom is 0.0606 e. The van der Waals surface area contributed by atoms with Gasteiger partial charge in [0.1, 0.15) is 0 Å². The zero-order chi connectivity index (χ0) is 15.3. The molecule has 0 aliphatic carbocycles. The summed E-state index contributed by atoms with van der Waals surface area (Å²) in [7, 11) is 0. The predicted octanol–water partition coefficient (Wildman–Crippen LogP) is 3.44. The lowest BCUT2D eigenvalue weighted by atomic mass is 10.1. The summed E-state index contributed by atoms with van der Waals surface area (Å²) in [5.41, 5.74) is 2.36. The Kier molecular flexibility index (Phi) is 6.31. The Labute approximate surface area is 127 Å². The molecule has 0 spiro atoms. The molecule has 0 amide bonds. The largest absolute Gasteiger partial charge is 0.395 e. The number of anilines is 1. The molecule has 20 heavy (non-hydrogen) atoms. The van der Waals surface area contributed by atoms with E-state index >= 15 is 0 Å². The minimum Gasteiger partial charge on any atom is -0.395 e. The smallest absolute Gasteiger partial charge is 0.0606 e. The van der Waals surface area contributed by atoms with Gasteiger partial charge in [-0.1, -0.05) is 17.7 Å². The van der Waals surface area contributed by atoms with Gasteiger partial charge in [0.25, 0.3) is 0 Å². The van der Waals surface area contributed by atoms with Crippen LogP contribution in [-0.4, -0.2) is 29.8 Å². The molecule has 114 valence electrons. The van der Waals surface area contributed by atoms with Gasteiger partial charge in [-0.2, -0.15) is 0 Å². The fraction of sp³-hybridized carbons (Fsp3) is 0.625. The number of rotatable bonds is 6. The van der Waals surface area contributed by atoms with Crippen LogP contribution in [0.1, 0.15) is 40.2 Å². The number of benzene rings is 1. The Morgan fingerprint density at radius 3 is 2.45 bits per heavy atom. The second-order valence-corrected chi connectivity index (χ2v) is 6.82. The van der Waals surface area contributed by atoms with Gasteiger partial charge in [-0.05, 0) is 52.3 Å². The summed E-state index contributed by atoms with van der Waals surface area (Å²) in [6, 6.07) is 6.27. The molecule has 0 saturated carbocycles. The lowest BCUT2D eigenvalue weighted by molar-refractivity contribution is 0.299. The van der Waals surface area contributed by atoms with Crippen LogP contribution in [0.15, 0.2) is 18.2 Å². The number of hydrogen-bond acceptors (Lipinski definition) is 3. The van der Waals surface area contributed by atoms with E-state index < -0.39 is 0 Å². The molecule has 1 aromatic carbocycles. The van der Waals surface area contributed by atoms with Crippen molar-refractivity contribution in [2.45, 2.75) is 52.7 Å². The average Bonchev–Trinajstić information content (AvgIpc) is 2.33. The molecule has 0 unspecified atom stereocenters. The van der Waals surface area contributed by atoms with E-state index in [0.717, 1.165) is 17.3 Å². The van der Waals surface area contributed by atoms with E-state index in [4.69, 9.17) is 11.6 Å². The minimum atomic E-state index is 0.0660. The summed E-state index contributed by atoms with van der Waals surface area (Å²) in [4.78, 5) is 2.19. The molecule has 1 rings (SSSR count). The molecular formula is C16H27ClN2O. The zero-order valence-electron chi connectivity index (χ0n) is 13.2. The highest BCUT2D eigenvalue weighted by molar-refractivity contribution is 6.30. The van der Waals surface area contributed by atoms with Crippen LogP contribution in [0.25, 0.3) is 0 Å². The number of nitrogens with one attached hydrogen (secondary N) is 1. The number of aliphatic hydroxyl groups excluding tert-OH is 1. The third kappa shape index (κ3) is 5.31. The van der Waals surface area contributed by atoms with Crippen LogP contribution in [0.3, 0.4) is 0 Å². The first-order valence-corrected chi connectivity index (χ1v) is 7.53. The number of aliphatic hydroxyl groups is 1. The van der Waals surface area contributed by atoms with Gasteiger partial charge in [0.05, 0.1) is 6.61 Å². The molecule has 0 heterocycles. The Hall–Kier alpha value is -0.770. The summed E-state index contributed by atoms with van der Waals surface area (Å²) in [5, 5.41) is 13.5. The fourth-order valence-electron chi connectivity index (χ4n) is 2.08. The lowest BCUT2D eigenvalue weighted by Crippen LogP contribution is -2.37. The highest BCUT2D eigenvalue weighted by atomic mass is 35.5. The maximum absolute atomic E-state index is 9.28. The Morgan fingerprint density at radius 2 is 1.95 bits per heavy atom. The molecular weight excluding hydrogens is 272 g/mol. The van der Waals surface area contributed by atoms with Gasteiger partial charge >= 0.3 is 0 Å². The molecule has 0 aromatic heterocycles. The second-order valence-electron chi connectivity index (χ2n) is 6.39. The number of hydrogen-bond donors (Lipinski definition) is 2. The van der Waals surface area contributed by atoms with Gasteiger partial charge in [-0.3, -0.25) is 0 Å². The third-order valence-electron chi connectivity index (χ3n) is 3.13. The van der Waals surface area contributed by atoms with Crippen LogP contribution in [-0.2, 0) is 6.54 Å². The molecule has 0 aliphatic heterocycles. The van der Waals surface area contributed by atoms with Crippen LogP contribution < -0.4 is 10.2 Å². The van der Waals surface area contributed by atoms with Gasteiger partial charge in [-0.25, -0.2) is 0 Å². The molecule has 0 saturated heterocycles. The first-order valence-electron chi connectivity index (χ1n) is 7.15. The van der Waals surface area contributed by atoms with Gasteiger partial charge in [0.15, 0.2) is 0 Å². The van der Waals surface area contributed by atoms with Gasteiger partial charge in [0, 0.05) is 35.4 Å².